The minimum absolute atomic E-state index is 0.0769. The van der Waals surface area contributed by atoms with E-state index in [1.165, 1.54) is 23.1 Å². The molecule has 0 aliphatic heterocycles. The van der Waals surface area contributed by atoms with Crippen molar-refractivity contribution in [2.45, 2.75) is 26.5 Å². The van der Waals surface area contributed by atoms with Crippen LogP contribution in [0.2, 0.25) is 0 Å². The predicted molar refractivity (Wildman–Crippen MR) is 109 cm³/mol. The van der Waals surface area contributed by atoms with Gasteiger partial charge in [-0.15, -0.1) is 23.1 Å². The lowest BCUT2D eigenvalue weighted by molar-refractivity contribution is -0.113. The van der Waals surface area contributed by atoms with Crippen LogP contribution in [0.3, 0.4) is 0 Å². The van der Waals surface area contributed by atoms with Gasteiger partial charge in [0.15, 0.2) is 0 Å². The van der Waals surface area contributed by atoms with Crippen LogP contribution in [0.4, 0.5) is 5.69 Å². The number of thiophene rings is 1. The molecule has 0 bridgehead atoms. The Morgan fingerprint density at radius 1 is 1.30 bits per heavy atom. The number of benzene rings is 1. The fourth-order valence-corrected chi connectivity index (χ4v) is 4.49. The second-order valence-corrected chi connectivity index (χ2v) is 8.00. The van der Waals surface area contributed by atoms with E-state index in [1.54, 1.807) is 13.0 Å². The van der Waals surface area contributed by atoms with Gasteiger partial charge in [0, 0.05) is 21.7 Å². The molecule has 8 heteroatoms. The lowest BCUT2D eigenvalue weighted by atomic mass is 10.2. The Bertz CT molecular complexity index is 958. The molecule has 6 nitrogen and oxygen atoms in total. The summed E-state index contributed by atoms with van der Waals surface area (Å²) >= 11 is 2.89. The summed E-state index contributed by atoms with van der Waals surface area (Å²) < 4.78 is 11.1. The van der Waals surface area contributed by atoms with E-state index in [1.807, 2.05) is 32.0 Å². The second kappa shape index (κ2) is 8.58. The highest BCUT2D eigenvalue weighted by atomic mass is 32.2. The van der Waals surface area contributed by atoms with Crippen LogP contribution in [-0.4, -0.2) is 29.4 Å². The molecule has 1 aromatic carbocycles. The number of carbonyl (C=O) groups excluding carboxylic acids is 2. The maximum absolute atomic E-state index is 12.2. The zero-order valence-corrected chi connectivity index (χ0v) is 17.0. The number of anilines is 1. The minimum Gasteiger partial charge on any atom is -0.462 e. The molecule has 2 heterocycles. The van der Waals surface area contributed by atoms with Gasteiger partial charge in [0.05, 0.1) is 18.1 Å². The van der Waals surface area contributed by atoms with Crippen LogP contribution in [-0.2, 0) is 15.3 Å². The molecule has 2 aromatic heterocycles. The summed E-state index contributed by atoms with van der Waals surface area (Å²) in [5, 5.41) is 7.72. The highest BCUT2D eigenvalue weighted by molar-refractivity contribution is 7.99. The van der Waals surface area contributed by atoms with E-state index < -0.39 is 0 Å². The molecule has 0 spiro atoms. The van der Waals surface area contributed by atoms with Crippen molar-refractivity contribution in [2.75, 3.05) is 17.7 Å². The van der Waals surface area contributed by atoms with Crippen molar-refractivity contribution in [3.8, 4) is 0 Å². The van der Waals surface area contributed by atoms with Gasteiger partial charge in [-0.25, -0.2) is 4.79 Å². The van der Waals surface area contributed by atoms with E-state index in [2.05, 4.69) is 10.5 Å². The molecule has 142 valence electrons. The fourth-order valence-electron chi connectivity index (χ4n) is 2.57. The summed E-state index contributed by atoms with van der Waals surface area (Å²) in [5.74, 6) is 1.41. The van der Waals surface area contributed by atoms with E-state index in [0.29, 0.717) is 28.7 Å². The summed E-state index contributed by atoms with van der Waals surface area (Å²) in [5.41, 5.74) is 2.61. The molecule has 0 unspecified atom stereocenters. The molecule has 1 amide bonds. The number of aryl methyl sites for hydroxylation is 2. The van der Waals surface area contributed by atoms with Crippen LogP contribution >= 0.6 is 23.1 Å². The van der Waals surface area contributed by atoms with Gasteiger partial charge >= 0.3 is 5.97 Å². The Morgan fingerprint density at radius 2 is 2.11 bits per heavy atom. The largest absolute Gasteiger partial charge is 0.462 e. The van der Waals surface area contributed by atoms with Crippen LogP contribution in [0.25, 0.3) is 10.1 Å². The standard InChI is InChI=1S/C19H20N2O4S2/c1-4-24-19(23)17-8-13-7-14(5-6-16(13)27-17)20-18(22)10-26-9-15-11(2)21-25-12(15)3/h5-8H,4,9-10H2,1-3H3,(H,20,22). The Labute approximate surface area is 165 Å². The van der Waals surface area contributed by atoms with Gasteiger partial charge in [0.2, 0.25) is 5.91 Å². The monoisotopic (exact) mass is 404 g/mol. The van der Waals surface area contributed by atoms with Crippen molar-refractivity contribution in [1.29, 1.82) is 0 Å². The Balaban J connectivity index is 1.58. The first kappa shape index (κ1) is 19.4. The number of ether oxygens (including phenoxy) is 1. The van der Waals surface area contributed by atoms with Gasteiger partial charge in [-0.2, -0.15) is 0 Å². The number of fused-ring (bicyclic) bond motifs is 1. The van der Waals surface area contributed by atoms with Crippen molar-refractivity contribution in [3.63, 3.8) is 0 Å². The van der Waals surface area contributed by atoms with Gasteiger partial charge in [-0.1, -0.05) is 5.16 Å². The van der Waals surface area contributed by atoms with Gasteiger partial charge in [0.1, 0.15) is 10.6 Å². The molecule has 0 aliphatic rings. The van der Waals surface area contributed by atoms with Gasteiger partial charge in [-0.05, 0) is 50.4 Å². The normalized spacial score (nSPS) is 10.9. The smallest absolute Gasteiger partial charge is 0.348 e. The lowest BCUT2D eigenvalue weighted by Crippen LogP contribution is -2.14. The number of carbonyl (C=O) groups is 2. The zero-order valence-electron chi connectivity index (χ0n) is 15.3. The summed E-state index contributed by atoms with van der Waals surface area (Å²) in [6.45, 7) is 5.90. The highest BCUT2D eigenvalue weighted by Gasteiger charge is 2.13. The molecule has 0 radical (unpaired) electrons. The maximum atomic E-state index is 12.2. The number of amides is 1. The summed E-state index contributed by atoms with van der Waals surface area (Å²) in [6, 6.07) is 7.39. The van der Waals surface area contributed by atoms with E-state index >= 15 is 0 Å². The molecule has 3 aromatic rings. The number of thioether (sulfide) groups is 1. The highest BCUT2D eigenvalue weighted by Crippen LogP contribution is 2.29. The first-order valence-corrected chi connectivity index (χ1v) is 10.4. The van der Waals surface area contributed by atoms with Crippen LogP contribution in [0.1, 0.15) is 33.6 Å². The molecule has 0 fully saturated rings. The Morgan fingerprint density at radius 3 is 2.81 bits per heavy atom. The number of nitrogens with one attached hydrogen (secondary N) is 1. The van der Waals surface area contributed by atoms with E-state index in [0.717, 1.165) is 27.1 Å². The summed E-state index contributed by atoms with van der Waals surface area (Å²) in [4.78, 5) is 24.6. The zero-order chi connectivity index (χ0) is 19.4. The molecule has 1 N–H and O–H groups in total. The molecule has 0 saturated heterocycles. The third kappa shape index (κ3) is 4.70. The molecule has 0 saturated carbocycles. The first-order valence-electron chi connectivity index (χ1n) is 8.48. The molecule has 0 atom stereocenters. The molecular weight excluding hydrogens is 384 g/mol. The quantitative estimate of drug-likeness (QED) is 0.582. The lowest BCUT2D eigenvalue weighted by Gasteiger charge is -2.05. The Kier molecular flexibility index (Phi) is 6.18. The van der Waals surface area contributed by atoms with Gasteiger partial charge < -0.3 is 14.6 Å². The minimum atomic E-state index is -0.319. The Hall–Kier alpha value is -2.32. The van der Waals surface area contributed by atoms with Crippen LogP contribution in [0, 0.1) is 13.8 Å². The maximum Gasteiger partial charge on any atom is 0.348 e. The summed E-state index contributed by atoms with van der Waals surface area (Å²) in [6.07, 6.45) is 0. The van der Waals surface area contributed by atoms with Crippen molar-refractivity contribution >= 4 is 50.7 Å². The van der Waals surface area contributed by atoms with E-state index in [-0.39, 0.29) is 11.9 Å². The topological polar surface area (TPSA) is 81.4 Å². The third-order valence-electron chi connectivity index (χ3n) is 3.94. The van der Waals surface area contributed by atoms with E-state index in [9.17, 15) is 9.59 Å². The van der Waals surface area contributed by atoms with Crippen molar-refractivity contribution in [2.24, 2.45) is 0 Å². The van der Waals surface area contributed by atoms with Crippen molar-refractivity contribution in [1.82, 2.24) is 5.16 Å². The van der Waals surface area contributed by atoms with Gasteiger partial charge in [0.25, 0.3) is 0 Å². The van der Waals surface area contributed by atoms with Crippen molar-refractivity contribution < 1.29 is 18.8 Å². The van der Waals surface area contributed by atoms with Crippen LogP contribution in [0.5, 0.6) is 0 Å². The number of aromatic nitrogens is 1. The van der Waals surface area contributed by atoms with E-state index in [4.69, 9.17) is 9.26 Å². The fraction of sp³-hybridized carbons (Fsp3) is 0.316. The number of esters is 1. The molecular formula is C19H20N2O4S2. The number of hydrogen-bond donors (Lipinski definition) is 1. The van der Waals surface area contributed by atoms with Crippen LogP contribution < -0.4 is 5.32 Å². The number of rotatable bonds is 7. The number of nitrogens with zero attached hydrogens (tertiary/aromatic N) is 1. The SMILES string of the molecule is CCOC(=O)c1cc2cc(NC(=O)CSCc3c(C)noc3C)ccc2s1. The molecule has 0 aliphatic carbocycles. The van der Waals surface area contributed by atoms with Crippen molar-refractivity contribution in [3.05, 3.63) is 46.2 Å². The average molecular weight is 405 g/mol. The molecule has 3 rings (SSSR count). The predicted octanol–water partition coefficient (Wildman–Crippen LogP) is 4.55. The van der Waals surface area contributed by atoms with Crippen LogP contribution in [0.15, 0.2) is 28.8 Å². The average Bonchev–Trinajstić information content (AvgIpc) is 3.19. The first-order chi connectivity index (χ1) is 13.0. The number of hydrogen-bond acceptors (Lipinski definition) is 7. The van der Waals surface area contributed by atoms with Gasteiger partial charge in [-0.3, -0.25) is 4.79 Å². The molecule has 27 heavy (non-hydrogen) atoms. The second-order valence-electron chi connectivity index (χ2n) is 5.93. The third-order valence-corrected chi connectivity index (χ3v) is 5.99. The summed E-state index contributed by atoms with van der Waals surface area (Å²) in [7, 11) is 0.